The third-order valence-electron chi connectivity index (χ3n) is 4.81. The van der Waals surface area contributed by atoms with Gasteiger partial charge in [-0.15, -0.1) is 0 Å². The highest BCUT2D eigenvalue weighted by Crippen LogP contribution is 2.32. The van der Waals surface area contributed by atoms with E-state index in [0.717, 1.165) is 10.6 Å². The number of hydrogen-bond acceptors (Lipinski definition) is 10. The van der Waals surface area contributed by atoms with E-state index in [0.29, 0.717) is 22.6 Å². The third-order valence-corrected chi connectivity index (χ3v) is 5.95. The average Bonchev–Trinajstić information content (AvgIpc) is 3.29. The first-order valence-electron chi connectivity index (χ1n) is 9.92. The lowest BCUT2D eigenvalue weighted by Crippen LogP contribution is -2.35. The third kappa shape index (κ3) is 5.67. The number of nitro groups is 1. The Bertz CT molecular complexity index is 1310. The number of sulfonamides is 1. The second-order valence-electron chi connectivity index (χ2n) is 7.14. The topological polar surface area (TPSA) is 155 Å². The molecule has 0 spiro atoms. The summed E-state index contributed by atoms with van der Waals surface area (Å²) in [4.78, 5) is 27.4. The lowest BCUT2D eigenvalue weighted by molar-refractivity contribution is -0.384. The van der Waals surface area contributed by atoms with Crippen LogP contribution in [0.15, 0.2) is 47.0 Å². The Morgan fingerprint density at radius 2 is 1.91 bits per heavy atom. The van der Waals surface area contributed by atoms with Gasteiger partial charge in [-0.2, -0.15) is 4.98 Å². The first-order valence-corrected chi connectivity index (χ1v) is 11.8. The van der Waals surface area contributed by atoms with E-state index in [-0.39, 0.29) is 36.8 Å². The summed E-state index contributed by atoms with van der Waals surface area (Å²) in [5.41, 5.74) is 0.695. The smallest absolute Gasteiger partial charge is 0.270 e. The summed E-state index contributed by atoms with van der Waals surface area (Å²) in [5.74, 6) is 0.252. The first kappa shape index (κ1) is 24.6. The zero-order chi connectivity index (χ0) is 24.9. The van der Waals surface area contributed by atoms with Gasteiger partial charge >= 0.3 is 0 Å². The van der Waals surface area contributed by atoms with Gasteiger partial charge in [-0.3, -0.25) is 14.9 Å². The molecule has 13 heteroatoms. The van der Waals surface area contributed by atoms with Crippen LogP contribution in [-0.4, -0.2) is 54.2 Å². The number of aryl methyl sites for hydroxylation is 1. The van der Waals surface area contributed by atoms with Crippen molar-refractivity contribution in [2.45, 2.75) is 19.4 Å². The summed E-state index contributed by atoms with van der Waals surface area (Å²) in [6, 6.07) is 10.7. The first-order chi connectivity index (χ1) is 16.1. The summed E-state index contributed by atoms with van der Waals surface area (Å²) in [7, 11) is -1.03. The van der Waals surface area contributed by atoms with Crippen molar-refractivity contribution in [3.05, 3.63) is 64.0 Å². The van der Waals surface area contributed by atoms with Gasteiger partial charge in [-0.25, -0.2) is 12.7 Å². The van der Waals surface area contributed by atoms with Gasteiger partial charge in [0, 0.05) is 36.1 Å². The predicted molar refractivity (Wildman–Crippen MR) is 120 cm³/mol. The number of methoxy groups -OCH3 is 2. The van der Waals surface area contributed by atoms with Crippen molar-refractivity contribution in [2.24, 2.45) is 0 Å². The van der Waals surface area contributed by atoms with Crippen molar-refractivity contribution in [1.29, 1.82) is 0 Å². The Kier molecular flexibility index (Phi) is 7.46. The molecular weight excluding hydrogens is 468 g/mol. The number of hydrogen-bond donors (Lipinski definition) is 0. The molecule has 0 bridgehead atoms. The Balaban J connectivity index is 1.75. The molecule has 0 atom stereocenters. The minimum atomic E-state index is -3.91. The summed E-state index contributed by atoms with van der Waals surface area (Å²) < 4.78 is 41.1. The fraction of sp³-hybridized carbons (Fsp3) is 0.286. The predicted octanol–water partition coefficient (Wildman–Crippen LogP) is 2.58. The fourth-order valence-electron chi connectivity index (χ4n) is 3.19. The van der Waals surface area contributed by atoms with Crippen LogP contribution in [0.3, 0.4) is 0 Å². The van der Waals surface area contributed by atoms with Crippen molar-refractivity contribution in [3.63, 3.8) is 0 Å². The van der Waals surface area contributed by atoms with Crippen molar-refractivity contribution in [3.8, 4) is 22.9 Å². The maximum atomic E-state index is 12.8. The van der Waals surface area contributed by atoms with Crippen LogP contribution in [0, 0.1) is 10.1 Å². The molecule has 0 unspecified atom stereocenters. The summed E-state index contributed by atoms with van der Waals surface area (Å²) >= 11 is 0. The minimum Gasteiger partial charge on any atom is -0.493 e. The summed E-state index contributed by atoms with van der Waals surface area (Å²) in [6.07, 6.45) is 0.683. The Labute approximate surface area is 195 Å². The second-order valence-corrected chi connectivity index (χ2v) is 9.04. The number of para-hydroxylation sites is 1. The van der Waals surface area contributed by atoms with Gasteiger partial charge < -0.3 is 14.0 Å². The molecule has 0 saturated carbocycles. The van der Waals surface area contributed by atoms with Crippen LogP contribution in [0.25, 0.3) is 11.4 Å². The molecule has 0 N–H and O–H groups in total. The maximum Gasteiger partial charge on any atom is 0.270 e. The molecule has 3 aromatic rings. The van der Waals surface area contributed by atoms with E-state index in [4.69, 9.17) is 14.0 Å². The molecule has 2 aromatic carbocycles. The quantitative estimate of drug-likeness (QED) is 0.306. The highest BCUT2D eigenvalue weighted by molar-refractivity contribution is 7.88. The van der Waals surface area contributed by atoms with Crippen molar-refractivity contribution < 1.29 is 32.1 Å². The van der Waals surface area contributed by atoms with Crippen LogP contribution in [0.4, 0.5) is 5.69 Å². The van der Waals surface area contributed by atoms with Crippen LogP contribution >= 0.6 is 0 Å². The van der Waals surface area contributed by atoms with Crippen molar-refractivity contribution >= 4 is 21.6 Å². The van der Waals surface area contributed by atoms with Gasteiger partial charge in [0.05, 0.1) is 31.9 Å². The highest BCUT2D eigenvalue weighted by Gasteiger charge is 2.26. The number of benzene rings is 2. The maximum absolute atomic E-state index is 12.8. The van der Waals surface area contributed by atoms with E-state index in [2.05, 4.69) is 10.1 Å². The monoisotopic (exact) mass is 490 g/mol. The number of carbonyl (C=O) groups excluding carboxylic acids is 1. The molecule has 3 rings (SSSR count). The number of rotatable bonds is 10. The van der Waals surface area contributed by atoms with E-state index in [9.17, 15) is 23.3 Å². The molecule has 0 aliphatic rings. The number of nitrogens with zero attached hydrogens (tertiary/aromatic N) is 4. The Morgan fingerprint density at radius 1 is 1.18 bits per heavy atom. The minimum absolute atomic E-state index is 0.0258. The van der Waals surface area contributed by atoms with E-state index < -0.39 is 20.9 Å². The molecule has 0 aliphatic heterocycles. The lowest BCUT2D eigenvalue weighted by Gasteiger charge is -2.22. The zero-order valence-corrected chi connectivity index (χ0v) is 19.4. The number of aromatic nitrogens is 2. The van der Waals surface area contributed by atoms with Crippen LogP contribution in [0.1, 0.15) is 17.9 Å². The van der Waals surface area contributed by atoms with Crippen LogP contribution in [0.2, 0.25) is 0 Å². The molecule has 34 heavy (non-hydrogen) atoms. The van der Waals surface area contributed by atoms with E-state index in [1.807, 2.05) is 0 Å². The summed E-state index contributed by atoms with van der Waals surface area (Å²) in [5, 5.41) is 14.7. The molecule has 12 nitrogen and oxygen atoms in total. The highest BCUT2D eigenvalue weighted by atomic mass is 32.2. The fourth-order valence-corrected chi connectivity index (χ4v) is 4.03. The van der Waals surface area contributed by atoms with Crippen molar-refractivity contribution in [1.82, 2.24) is 14.4 Å². The SMILES string of the molecule is COc1cccc(CN(C(=O)CCc2nc(-c3cccc([N+](=O)[O-])c3)no2)S(C)(=O)=O)c1OC. The van der Waals surface area contributed by atoms with Crippen LogP contribution < -0.4 is 9.47 Å². The molecule has 0 radical (unpaired) electrons. The van der Waals surface area contributed by atoms with E-state index >= 15 is 0 Å². The van der Waals surface area contributed by atoms with Gasteiger partial charge in [0.15, 0.2) is 11.5 Å². The Hall–Kier alpha value is -4.00. The van der Waals surface area contributed by atoms with Gasteiger partial charge in [0.1, 0.15) is 0 Å². The molecule has 0 saturated heterocycles. The lowest BCUT2D eigenvalue weighted by atomic mass is 10.1. The van der Waals surface area contributed by atoms with Crippen LogP contribution in [0.5, 0.6) is 11.5 Å². The zero-order valence-electron chi connectivity index (χ0n) is 18.6. The molecule has 180 valence electrons. The number of non-ortho nitro benzene ring substituents is 1. The number of carbonyl (C=O) groups is 1. The van der Waals surface area contributed by atoms with E-state index in [1.165, 1.54) is 32.4 Å². The molecule has 1 heterocycles. The van der Waals surface area contributed by atoms with Gasteiger partial charge in [0.2, 0.25) is 27.6 Å². The molecular formula is C21H22N4O8S. The standard InChI is InChI=1S/C21H22N4O8S/c1-31-17-9-5-7-15(20(17)32-2)13-24(34(3,29)30)19(26)11-10-18-22-21(23-33-18)14-6-4-8-16(12-14)25(27)28/h4-9,12H,10-11,13H2,1-3H3. The largest absolute Gasteiger partial charge is 0.493 e. The number of amides is 1. The second kappa shape index (κ2) is 10.3. The van der Waals surface area contributed by atoms with Gasteiger partial charge in [0.25, 0.3) is 5.69 Å². The van der Waals surface area contributed by atoms with Gasteiger partial charge in [-0.1, -0.05) is 29.4 Å². The average molecular weight is 490 g/mol. The molecule has 1 aromatic heterocycles. The van der Waals surface area contributed by atoms with Crippen LogP contribution in [-0.2, 0) is 27.8 Å². The number of nitro benzene ring substituents is 1. The molecule has 1 amide bonds. The van der Waals surface area contributed by atoms with E-state index in [1.54, 1.807) is 24.3 Å². The molecule has 0 aliphatic carbocycles. The van der Waals surface area contributed by atoms with Crippen molar-refractivity contribution in [2.75, 3.05) is 20.5 Å². The Morgan fingerprint density at radius 3 is 2.56 bits per heavy atom. The molecule has 0 fully saturated rings. The normalized spacial score (nSPS) is 11.1. The van der Waals surface area contributed by atoms with Gasteiger partial charge in [-0.05, 0) is 6.07 Å². The summed E-state index contributed by atoms with van der Waals surface area (Å²) in [6.45, 7) is -0.249. The number of ether oxygens (including phenoxy) is 2.